The molecule has 0 aliphatic carbocycles. The van der Waals surface area contributed by atoms with Gasteiger partial charge < -0.3 is 4.18 Å². The lowest BCUT2D eigenvalue weighted by Gasteiger charge is -2.30. The van der Waals surface area contributed by atoms with Crippen LogP contribution >= 0.6 is 12.9 Å². The van der Waals surface area contributed by atoms with Gasteiger partial charge in [0, 0.05) is 0 Å². The summed E-state index contributed by atoms with van der Waals surface area (Å²) >= 11 is 3.91. The molecule has 0 rings (SSSR count). The third kappa shape index (κ3) is 3.48. The van der Waals surface area contributed by atoms with E-state index in [1.54, 1.807) is 0 Å². The van der Waals surface area contributed by atoms with E-state index in [0.29, 0.717) is 5.92 Å². The predicted octanol–water partition coefficient (Wildman–Crippen LogP) is 3.45. The third-order valence-electron chi connectivity index (χ3n) is 2.46. The van der Waals surface area contributed by atoms with Crippen LogP contribution in [0.3, 0.4) is 0 Å². The first-order valence-corrected chi connectivity index (χ1v) is 4.76. The van der Waals surface area contributed by atoms with Crippen molar-refractivity contribution >= 4 is 12.9 Å². The minimum atomic E-state index is -0.0425. The van der Waals surface area contributed by atoms with Gasteiger partial charge in [-0.3, -0.25) is 0 Å². The van der Waals surface area contributed by atoms with Crippen LogP contribution < -0.4 is 0 Å². The highest BCUT2D eigenvalue weighted by Gasteiger charge is 2.27. The molecule has 0 bridgehead atoms. The number of unbranched alkanes of at least 4 members (excludes halogenated alkanes) is 1. The van der Waals surface area contributed by atoms with Gasteiger partial charge in [-0.15, -0.1) is 0 Å². The second-order valence-corrected chi connectivity index (χ2v) is 3.84. The molecule has 1 nitrogen and oxygen atoms in total. The second kappa shape index (κ2) is 5.04. The Kier molecular flexibility index (Phi) is 5.19. The molecule has 0 spiro atoms. The molecule has 0 aromatic heterocycles. The van der Waals surface area contributed by atoms with Crippen LogP contribution in [-0.4, -0.2) is 5.60 Å². The van der Waals surface area contributed by atoms with E-state index >= 15 is 0 Å². The molecule has 0 aliphatic heterocycles. The van der Waals surface area contributed by atoms with Gasteiger partial charge in [-0.05, 0) is 32.2 Å². The quantitative estimate of drug-likeness (QED) is 0.498. The molecule has 0 N–H and O–H groups in total. The summed E-state index contributed by atoms with van der Waals surface area (Å²) < 4.78 is 5.20. The van der Waals surface area contributed by atoms with E-state index < -0.39 is 0 Å². The highest BCUT2D eigenvalue weighted by atomic mass is 32.1. The fraction of sp³-hybridized carbons (Fsp3) is 1.00. The molecule has 0 aromatic rings. The first kappa shape index (κ1) is 11.3. The van der Waals surface area contributed by atoms with E-state index in [-0.39, 0.29) is 5.60 Å². The van der Waals surface area contributed by atoms with E-state index in [1.165, 1.54) is 12.8 Å². The maximum Gasteiger partial charge on any atom is 0.0820 e. The second-order valence-electron chi connectivity index (χ2n) is 3.66. The fourth-order valence-electron chi connectivity index (χ4n) is 0.968. The van der Waals surface area contributed by atoms with Crippen molar-refractivity contribution in [1.29, 1.82) is 0 Å². The standard InChI is InChI=1S/C9H20OS/c1-5-6-7-9(4,10-11)8(2)3/h8,11H,5-7H2,1-4H3. The van der Waals surface area contributed by atoms with Crippen LogP contribution in [0.5, 0.6) is 0 Å². The Bertz CT molecular complexity index is 104. The van der Waals surface area contributed by atoms with Crippen LogP contribution in [0.4, 0.5) is 0 Å². The Labute approximate surface area is 76.1 Å². The van der Waals surface area contributed by atoms with Crippen LogP contribution in [0.2, 0.25) is 0 Å². The van der Waals surface area contributed by atoms with Crippen LogP contribution in [0.15, 0.2) is 0 Å². The smallest absolute Gasteiger partial charge is 0.0820 e. The van der Waals surface area contributed by atoms with Gasteiger partial charge in [0.05, 0.1) is 5.60 Å². The summed E-state index contributed by atoms with van der Waals surface area (Å²) in [7, 11) is 0. The molecule has 2 heteroatoms. The highest BCUT2D eigenvalue weighted by Crippen LogP contribution is 2.28. The zero-order valence-corrected chi connectivity index (χ0v) is 8.95. The monoisotopic (exact) mass is 176 g/mol. The van der Waals surface area contributed by atoms with Gasteiger partial charge in [0.15, 0.2) is 0 Å². The molecule has 1 unspecified atom stereocenters. The molecule has 68 valence electrons. The molecule has 0 heterocycles. The summed E-state index contributed by atoms with van der Waals surface area (Å²) in [4.78, 5) is 0. The summed E-state index contributed by atoms with van der Waals surface area (Å²) in [6.07, 6.45) is 3.54. The molecular formula is C9H20OS. The number of hydrogen-bond acceptors (Lipinski definition) is 2. The molecule has 0 aromatic carbocycles. The zero-order chi connectivity index (χ0) is 8.91. The van der Waals surface area contributed by atoms with E-state index in [4.69, 9.17) is 4.18 Å². The minimum absolute atomic E-state index is 0.0425. The van der Waals surface area contributed by atoms with Crippen molar-refractivity contribution in [3.63, 3.8) is 0 Å². The average molecular weight is 176 g/mol. The van der Waals surface area contributed by atoms with E-state index in [1.807, 2.05) is 0 Å². The maximum atomic E-state index is 5.20. The lowest BCUT2D eigenvalue weighted by molar-refractivity contribution is 0.0551. The van der Waals surface area contributed by atoms with Gasteiger partial charge in [0.1, 0.15) is 0 Å². The number of hydrogen-bond donors (Lipinski definition) is 1. The van der Waals surface area contributed by atoms with Crippen molar-refractivity contribution in [2.75, 3.05) is 0 Å². The Morgan fingerprint density at radius 3 is 2.27 bits per heavy atom. The van der Waals surface area contributed by atoms with Crippen molar-refractivity contribution in [2.24, 2.45) is 5.92 Å². The van der Waals surface area contributed by atoms with Gasteiger partial charge in [0.2, 0.25) is 0 Å². The SMILES string of the molecule is CCCCC(C)(OS)C(C)C. The maximum absolute atomic E-state index is 5.20. The normalized spacial score (nSPS) is 16.9. The Morgan fingerprint density at radius 2 is 2.00 bits per heavy atom. The molecule has 0 fully saturated rings. The van der Waals surface area contributed by atoms with Gasteiger partial charge >= 0.3 is 0 Å². The average Bonchev–Trinajstić information content (AvgIpc) is 2.00. The predicted molar refractivity (Wildman–Crippen MR) is 52.8 cm³/mol. The summed E-state index contributed by atoms with van der Waals surface area (Å²) in [5.74, 6) is 0.534. The van der Waals surface area contributed by atoms with Crippen molar-refractivity contribution < 1.29 is 4.18 Å². The highest BCUT2D eigenvalue weighted by molar-refractivity contribution is 7.75. The van der Waals surface area contributed by atoms with Crippen molar-refractivity contribution in [3.05, 3.63) is 0 Å². The molecule has 1 atom stereocenters. The summed E-state index contributed by atoms with van der Waals surface area (Å²) in [5, 5.41) is 0. The molecule has 0 saturated heterocycles. The number of thiol groups is 1. The first-order valence-electron chi connectivity index (χ1n) is 4.39. The Hall–Kier alpha value is 0.310. The minimum Gasteiger partial charge on any atom is -0.312 e. The lowest BCUT2D eigenvalue weighted by Crippen LogP contribution is -2.31. The van der Waals surface area contributed by atoms with Crippen LogP contribution in [0.25, 0.3) is 0 Å². The molecular weight excluding hydrogens is 156 g/mol. The Morgan fingerprint density at radius 1 is 1.45 bits per heavy atom. The first-order chi connectivity index (χ1) is 5.06. The summed E-state index contributed by atoms with van der Waals surface area (Å²) in [6, 6.07) is 0. The van der Waals surface area contributed by atoms with Crippen LogP contribution in [0.1, 0.15) is 47.0 Å². The van der Waals surface area contributed by atoms with Gasteiger partial charge in [0.25, 0.3) is 0 Å². The van der Waals surface area contributed by atoms with E-state index in [2.05, 4.69) is 40.6 Å². The van der Waals surface area contributed by atoms with Crippen LogP contribution in [0, 0.1) is 5.92 Å². The molecule has 0 aliphatic rings. The summed E-state index contributed by atoms with van der Waals surface area (Å²) in [5.41, 5.74) is -0.0425. The lowest BCUT2D eigenvalue weighted by atomic mass is 9.87. The topological polar surface area (TPSA) is 9.23 Å². The van der Waals surface area contributed by atoms with Gasteiger partial charge in [-0.2, -0.15) is 0 Å². The molecule has 0 amide bonds. The van der Waals surface area contributed by atoms with Crippen molar-refractivity contribution in [3.8, 4) is 0 Å². The van der Waals surface area contributed by atoms with E-state index in [0.717, 1.165) is 6.42 Å². The van der Waals surface area contributed by atoms with Crippen molar-refractivity contribution in [1.82, 2.24) is 0 Å². The van der Waals surface area contributed by atoms with Gasteiger partial charge in [-0.1, -0.05) is 33.6 Å². The molecule has 0 saturated carbocycles. The summed E-state index contributed by atoms with van der Waals surface area (Å²) in [6.45, 7) is 8.66. The van der Waals surface area contributed by atoms with Crippen LogP contribution in [-0.2, 0) is 4.18 Å². The molecule has 11 heavy (non-hydrogen) atoms. The third-order valence-corrected chi connectivity index (χ3v) is 2.87. The number of rotatable bonds is 5. The van der Waals surface area contributed by atoms with Gasteiger partial charge in [-0.25, -0.2) is 0 Å². The fourth-order valence-corrected chi connectivity index (χ4v) is 1.27. The largest absolute Gasteiger partial charge is 0.312 e. The zero-order valence-electron chi connectivity index (χ0n) is 8.05. The Balaban J connectivity index is 3.88. The van der Waals surface area contributed by atoms with Crippen molar-refractivity contribution in [2.45, 2.75) is 52.6 Å². The van der Waals surface area contributed by atoms with E-state index in [9.17, 15) is 0 Å². The molecule has 0 radical (unpaired) electrons.